The van der Waals surface area contributed by atoms with Gasteiger partial charge in [0.05, 0.1) is 31.3 Å². The Labute approximate surface area is 180 Å². The molecule has 10 heteroatoms. The molecule has 0 saturated heterocycles. The Morgan fingerprint density at radius 2 is 1.77 bits per heavy atom. The van der Waals surface area contributed by atoms with Crippen molar-refractivity contribution in [3.8, 4) is 17.2 Å². The molecule has 0 amide bonds. The van der Waals surface area contributed by atoms with Gasteiger partial charge in [-0.05, 0) is 37.1 Å². The van der Waals surface area contributed by atoms with E-state index in [9.17, 15) is 13.2 Å². The van der Waals surface area contributed by atoms with Crippen LogP contribution in [0.2, 0.25) is 0 Å². The number of hydrogen-bond acceptors (Lipinski definition) is 6. The van der Waals surface area contributed by atoms with Crippen LogP contribution in [0.25, 0.3) is 5.69 Å². The molecule has 0 aliphatic heterocycles. The van der Waals surface area contributed by atoms with Gasteiger partial charge in [0.2, 0.25) is 10.0 Å². The average molecular weight is 445 g/mol. The lowest BCUT2D eigenvalue weighted by molar-refractivity contribution is 0.354. The van der Waals surface area contributed by atoms with E-state index in [0.717, 1.165) is 24.4 Å². The molecule has 0 radical (unpaired) electrons. The van der Waals surface area contributed by atoms with Gasteiger partial charge in [0.1, 0.15) is 5.82 Å². The molecule has 1 aliphatic carbocycles. The lowest BCUT2D eigenvalue weighted by Gasteiger charge is -2.11. The molecule has 2 aromatic carbocycles. The monoisotopic (exact) mass is 444 g/mol. The predicted octanol–water partition coefficient (Wildman–Crippen LogP) is 1.91. The smallest absolute Gasteiger partial charge is 0.350 e. The SMILES string of the molecule is COc1ccc(S(=O)(=O)NCCn2nc(C3CC3)n(-c3ccccc3)c2=O)cc1OC. The summed E-state index contributed by atoms with van der Waals surface area (Å²) in [6.07, 6.45) is 1.99. The maximum Gasteiger partial charge on any atom is 0.350 e. The van der Waals surface area contributed by atoms with Crippen molar-refractivity contribution in [3.05, 3.63) is 64.8 Å². The van der Waals surface area contributed by atoms with Gasteiger partial charge >= 0.3 is 5.69 Å². The predicted molar refractivity (Wildman–Crippen MR) is 115 cm³/mol. The first kappa shape index (κ1) is 21.1. The van der Waals surface area contributed by atoms with Gasteiger partial charge in [-0.3, -0.25) is 0 Å². The second-order valence-electron chi connectivity index (χ2n) is 7.22. The van der Waals surface area contributed by atoms with E-state index in [1.54, 1.807) is 4.57 Å². The Bertz CT molecular complexity index is 1230. The van der Waals surface area contributed by atoms with Crippen LogP contribution in [0, 0.1) is 0 Å². The number of hydrogen-bond donors (Lipinski definition) is 1. The topological polar surface area (TPSA) is 104 Å². The first-order valence-corrected chi connectivity index (χ1v) is 11.4. The van der Waals surface area contributed by atoms with E-state index in [-0.39, 0.29) is 29.6 Å². The Hall–Kier alpha value is -3.11. The summed E-state index contributed by atoms with van der Waals surface area (Å²) in [6, 6.07) is 13.7. The Morgan fingerprint density at radius 1 is 1.06 bits per heavy atom. The van der Waals surface area contributed by atoms with Crippen molar-refractivity contribution >= 4 is 10.0 Å². The number of nitrogens with one attached hydrogen (secondary N) is 1. The summed E-state index contributed by atoms with van der Waals surface area (Å²) in [6.45, 7) is 0.136. The van der Waals surface area contributed by atoms with Crippen molar-refractivity contribution in [2.45, 2.75) is 30.2 Å². The van der Waals surface area contributed by atoms with Gasteiger partial charge in [0.15, 0.2) is 11.5 Å². The lowest BCUT2D eigenvalue weighted by atomic mass is 10.3. The molecule has 1 aromatic heterocycles. The second-order valence-corrected chi connectivity index (χ2v) is 8.99. The van der Waals surface area contributed by atoms with Crippen molar-refractivity contribution in [1.29, 1.82) is 0 Å². The number of nitrogens with zero attached hydrogens (tertiary/aromatic N) is 3. The van der Waals surface area contributed by atoms with Crippen LogP contribution in [0.4, 0.5) is 0 Å². The van der Waals surface area contributed by atoms with Gasteiger partial charge < -0.3 is 9.47 Å². The normalized spacial score (nSPS) is 13.9. The molecule has 31 heavy (non-hydrogen) atoms. The maximum atomic E-state index is 13.0. The summed E-state index contributed by atoms with van der Waals surface area (Å²) >= 11 is 0. The van der Waals surface area contributed by atoms with Crippen LogP contribution in [-0.2, 0) is 16.6 Å². The Kier molecular flexibility index (Phi) is 5.84. The summed E-state index contributed by atoms with van der Waals surface area (Å²) in [5.41, 5.74) is 0.477. The molecule has 1 heterocycles. The Balaban J connectivity index is 1.52. The fourth-order valence-corrected chi connectivity index (χ4v) is 4.38. The molecule has 0 bridgehead atoms. The zero-order valence-corrected chi connectivity index (χ0v) is 18.1. The first-order valence-electron chi connectivity index (χ1n) is 9.91. The highest BCUT2D eigenvalue weighted by Gasteiger charge is 2.31. The van der Waals surface area contributed by atoms with Crippen molar-refractivity contribution < 1.29 is 17.9 Å². The molecule has 4 rings (SSSR count). The van der Waals surface area contributed by atoms with E-state index in [0.29, 0.717) is 11.5 Å². The van der Waals surface area contributed by atoms with Gasteiger partial charge in [-0.1, -0.05) is 18.2 Å². The standard InChI is InChI=1S/C21H24N4O5S/c1-29-18-11-10-17(14-19(18)30-2)31(27,28)22-12-13-24-21(26)25(16-6-4-3-5-7-16)20(23-24)15-8-9-15/h3-7,10-11,14-15,22H,8-9,12-13H2,1-2H3. The number of benzene rings is 2. The van der Waals surface area contributed by atoms with Crippen molar-refractivity contribution in [1.82, 2.24) is 19.1 Å². The van der Waals surface area contributed by atoms with Gasteiger partial charge in [-0.2, -0.15) is 5.10 Å². The van der Waals surface area contributed by atoms with Gasteiger partial charge in [-0.15, -0.1) is 0 Å². The number of sulfonamides is 1. The van der Waals surface area contributed by atoms with E-state index in [4.69, 9.17) is 9.47 Å². The Morgan fingerprint density at radius 3 is 2.42 bits per heavy atom. The molecule has 0 unspecified atom stereocenters. The fraction of sp³-hybridized carbons (Fsp3) is 0.333. The molecule has 1 N–H and O–H groups in total. The molecule has 164 valence electrons. The zero-order chi connectivity index (χ0) is 22.0. The number of para-hydroxylation sites is 1. The van der Waals surface area contributed by atoms with Crippen LogP contribution >= 0.6 is 0 Å². The molecule has 3 aromatic rings. The number of aromatic nitrogens is 3. The summed E-state index contributed by atoms with van der Waals surface area (Å²) < 4.78 is 41.1. The molecule has 9 nitrogen and oxygen atoms in total. The molecule has 0 spiro atoms. The van der Waals surface area contributed by atoms with Crippen molar-refractivity contribution in [2.75, 3.05) is 20.8 Å². The van der Waals surface area contributed by atoms with Crippen LogP contribution < -0.4 is 19.9 Å². The van der Waals surface area contributed by atoms with Gasteiger partial charge in [-0.25, -0.2) is 27.2 Å². The third kappa shape index (κ3) is 4.35. The summed E-state index contributed by atoms with van der Waals surface area (Å²) in [5.74, 6) is 1.74. The van der Waals surface area contributed by atoms with Gasteiger partial charge in [0.25, 0.3) is 0 Å². The minimum Gasteiger partial charge on any atom is -0.493 e. The third-order valence-corrected chi connectivity index (χ3v) is 6.56. The molecular weight excluding hydrogens is 420 g/mol. The fourth-order valence-electron chi connectivity index (χ4n) is 3.35. The van der Waals surface area contributed by atoms with Crippen molar-refractivity contribution in [2.24, 2.45) is 0 Å². The summed E-state index contributed by atoms with van der Waals surface area (Å²) in [5, 5.41) is 4.49. The van der Waals surface area contributed by atoms with Crippen LogP contribution in [0.15, 0.2) is 58.2 Å². The van der Waals surface area contributed by atoms with E-state index in [1.165, 1.54) is 37.1 Å². The third-order valence-electron chi connectivity index (χ3n) is 5.10. The highest BCUT2D eigenvalue weighted by molar-refractivity contribution is 7.89. The summed E-state index contributed by atoms with van der Waals surface area (Å²) in [4.78, 5) is 13.0. The highest BCUT2D eigenvalue weighted by Crippen LogP contribution is 2.39. The zero-order valence-electron chi connectivity index (χ0n) is 17.3. The van der Waals surface area contributed by atoms with Crippen LogP contribution in [0.1, 0.15) is 24.6 Å². The van der Waals surface area contributed by atoms with E-state index in [2.05, 4.69) is 9.82 Å². The molecular formula is C21H24N4O5S. The largest absolute Gasteiger partial charge is 0.493 e. The highest BCUT2D eigenvalue weighted by atomic mass is 32.2. The molecule has 1 fully saturated rings. The average Bonchev–Trinajstić information content (AvgIpc) is 3.58. The summed E-state index contributed by atoms with van der Waals surface area (Å²) in [7, 11) is -0.878. The van der Waals surface area contributed by atoms with Crippen molar-refractivity contribution in [3.63, 3.8) is 0 Å². The number of methoxy groups -OCH3 is 2. The second kappa shape index (κ2) is 8.56. The maximum absolute atomic E-state index is 13.0. The van der Waals surface area contributed by atoms with Crippen LogP contribution in [0.5, 0.6) is 11.5 Å². The van der Waals surface area contributed by atoms with E-state index < -0.39 is 10.0 Å². The molecule has 1 aliphatic rings. The number of ether oxygens (including phenoxy) is 2. The quantitative estimate of drug-likeness (QED) is 0.541. The van der Waals surface area contributed by atoms with E-state index in [1.807, 2.05) is 30.3 Å². The van der Waals surface area contributed by atoms with Gasteiger partial charge in [0, 0.05) is 18.5 Å². The van der Waals surface area contributed by atoms with Crippen LogP contribution in [-0.4, -0.2) is 43.5 Å². The molecule has 1 saturated carbocycles. The minimum absolute atomic E-state index is 0.0203. The first-order chi connectivity index (χ1) is 14.9. The molecule has 0 atom stereocenters. The number of rotatable bonds is 9. The minimum atomic E-state index is -3.80. The lowest BCUT2D eigenvalue weighted by Crippen LogP contribution is -2.32. The van der Waals surface area contributed by atoms with E-state index >= 15 is 0 Å². The van der Waals surface area contributed by atoms with Crippen LogP contribution in [0.3, 0.4) is 0 Å².